The van der Waals surface area contributed by atoms with Gasteiger partial charge in [-0.3, -0.25) is 0 Å². The summed E-state index contributed by atoms with van der Waals surface area (Å²) in [4.78, 5) is 0. The molecule has 0 aliphatic carbocycles. The summed E-state index contributed by atoms with van der Waals surface area (Å²) in [6.07, 6.45) is 7.81. The molecule has 0 radical (unpaired) electrons. The number of rotatable bonds is 12. The Morgan fingerprint density at radius 3 is 2.36 bits per heavy atom. The van der Waals surface area contributed by atoms with Gasteiger partial charge in [-0.15, -0.1) is 0 Å². The molecule has 0 bridgehead atoms. The lowest BCUT2D eigenvalue weighted by atomic mass is 10.1. The van der Waals surface area contributed by atoms with Crippen molar-refractivity contribution in [2.45, 2.75) is 72.3 Å². The third-order valence-corrected chi connectivity index (χ3v) is 3.70. The van der Waals surface area contributed by atoms with E-state index in [9.17, 15) is 0 Å². The highest BCUT2D eigenvalue weighted by molar-refractivity contribution is 5.60. The van der Waals surface area contributed by atoms with Gasteiger partial charge < -0.3 is 14.8 Å². The molecule has 22 heavy (non-hydrogen) atoms. The third kappa shape index (κ3) is 7.06. The molecule has 0 saturated heterocycles. The first-order valence-electron chi connectivity index (χ1n) is 8.87. The highest BCUT2D eigenvalue weighted by atomic mass is 16.5. The molecular weight excluding hydrogens is 274 g/mol. The van der Waals surface area contributed by atoms with E-state index < -0.39 is 0 Å². The summed E-state index contributed by atoms with van der Waals surface area (Å²) in [5.41, 5.74) is 1.04. The molecule has 1 rings (SSSR count). The fourth-order valence-electron chi connectivity index (χ4n) is 2.55. The monoisotopic (exact) mass is 307 g/mol. The average molecular weight is 307 g/mol. The molecule has 1 aromatic carbocycles. The van der Waals surface area contributed by atoms with Crippen molar-refractivity contribution in [2.75, 3.05) is 18.5 Å². The predicted molar refractivity (Wildman–Crippen MR) is 95.2 cm³/mol. The molecule has 1 unspecified atom stereocenters. The van der Waals surface area contributed by atoms with Crippen LogP contribution in [0, 0.1) is 0 Å². The van der Waals surface area contributed by atoms with Crippen LogP contribution in [0.5, 0.6) is 11.5 Å². The van der Waals surface area contributed by atoms with E-state index in [0.29, 0.717) is 19.3 Å². The largest absolute Gasteiger partial charge is 0.494 e. The molecule has 1 N–H and O–H groups in total. The van der Waals surface area contributed by atoms with Crippen LogP contribution in [-0.2, 0) is 0 Å². The van der Waals surface area contributed by atoms with Crippen LogP contribution in [0.25, 0.3) is 0 Å². The molecule has 1 atom stereocenters. The minimum absolute atomic E-state index is 0.442. The Bertz CT molecular complexity index is 406. The summed E-state index contributed by atoms with van der Waals surface area (Å²) in [5.74, 6) is 1.80. The maximum atomic E-state index is 5.71. The van der Waals surface area contributed by atoms with Gasteiger partial charge >= 0.3 is 0 Å². The lowest BCUT2D eigenvalue weighted by molar-refractivity contribution is 0.331. The molecule has 0 heterocycles. The first-order valence-corrected chi connectivity index (χ1v) is 8.87. The van der Waals surface area contributed by atoms with E-state index in [1.165, 1.54) is 38.5 Å². The van der Waals surface area contributed by atoms with Gasteiger partial charge in [-0.2, -0.15) is 0 Å². The number of unbranched alkanes of at least 4 members (excludes halogenated alkanes) is 4. The van der Waals surface area contributed by atoms with Crippen molar-refractivity contribution in [3.8, 4) is 11.5 Å². The predicted octanol–water partition coefficient (Wildman–Crippen LogP) is 5.64. The summed E-state index contributed by atoms with van der Waals surface area (Å²) in [6, 6.07) is 6.44. The van der Waals surface area contributed by atoms with Crippen LogP contribution in [-0.4, -0.2) is 19.3 Å². The maximum Gasteiger partial charge on any atom is 0.142 e. The number of benzene rings is 1. The maximum absolute atomic E-state index is 5.71. The highest BCUT2D eigenvalue weighted by Crippen LogP contribution is 2.30. The van der Waals surface area contributed by atoms with Crippen LogP contribution in [0.4, 0.5) is 5.69 Å². The van der Waals surface area contributed by atoms with E-state index in [4.69, 9.17) is 9.47 Å². The van der Waals surface area contributed by atoms with Gasteiger partial charge in [0, 0.05) is 12.1 Å². The molecule has 0 fully saturated rings. The summed E-state index contributed by atoms with van der Waals surface area (Å²) in [5, 5.41) is 3.58. The lowest BCUT2D eigenvalue weighted by Crippen LogP contribution is -2.16. The Kier molecular flexibility index (Phi) is 9.52. The number of ether oxygens (including phenoxy) is 2. The van der Waals surface area contributed by atoms with Crippen LogP contribution in [0.3, 0.4) is 0 Å². The molecular formula is C19H33NO2. The van der Waals surface area contributed by atoms with Gasteiger partial charge in [-0.25, -0.2) is 0 Å². The quantitative estimate of drug-likeness (QED) is 0.506. The minimum Gasteiger partial charge on any atom is -0.494 e. The molecule has 1 aromatic rings. The van der Waals surface area contributed by atoms with Crippen molar-refractivity contribution in [3.63, 3.8) is 0 Å². The molecule has 0 aliphatic rings. The summed E-state index contributed by atoms with van der Waals surface area (Å²) >= 11 is 0. The second-order valence-corrected chi connectivity index (χ2v) is 5.77. The summed E-state index contributed by atoms with van der Waals surface area (Å²) in [6.45, 7) is 9.86. The van der Waals surface area contributed by atoms with Crippen molar-refractivity contribution in [1.82, 2.24) is 0 Å². The standard InChI is InChI=1S/C19H33NO2/c1-5-8-9-10-11-12-16(4)20-18-15-17(21-6-2)13-14-19(18)22-7-3/h13-16,20H,5-12H2,1-4H3. The van der Waals surface area contributed by atoms with E-state index in [-0.39, 0.29) is 0 Å². The third-order valence-electron chi connectivity index (χ3n) is 3.70. The van der Waals surface area contributed by atoms with Crippen LogP contribution < -0.4 is 14.8 Å². The molecule has 0 saturated carbocycles. The van der Waals surface area contributed by atoms with Crippen LogP contribution in [0.15, 0.2) is 18.2 Å². The van der Waals surface area contributed by atoms with Crippen LogP contribution in [0.1, 0.15) is 66.2 Å². The molecule has 0 aliphatic heterocycles. The van der Waals surface area contributed by atoms with E-state index >= 15 is 0 Å². The Hall–Kier alpha value is -1.38. The number of nitrogens with one attached hydrogen (secondary N) is 1. The lowest BCUT2D eigenvalue weighted by Gasteiger charge is -2.19. The van der Waals surface area contributed by atoms with Crippen LogP contribution >= 0.6 is 0 Å². The smallest absolute Gasteiger partial charge is 0.142 e. The van der Waals surface area contributed by atoms with Gasteiger partial charge in [0.15, 0.2) is 0 Å². The van der Waals surface area contributed by atoms with Crippen molar-refractivity contribution in [3.05, 3.63) is 18.2 Å². The topological polar surface area (TPSA) is 30.5 Å². The van der Waals surface area contributed by atoms with Gasteiger partial charge in [-0.1, -0.05) is 39.0 Å². The molecule has 126 valence electrons. The van der Waals surface area contributed by atoms with E-state index in [0.717, 1.165) is 17.2 Å². The second-order valence-electron chi connectivity index (χ2n) is 5.77. The number of anilines is 1. The van der Waals surface area contributed by atoms with Gasteiger partial charge in [0.1, 0.15) is 11.5 Å². The van der Waals surface area contributed by atoms with Crippen molar-refractivity contribution in [2.24, 2.45) is 0 Å². The van der Waals surface area contributed by atoms with Crippen LogP contribution in [0.2, 0.25) is 0 Å². The summed E-state index contributed by atoms with van der Waals surface area (Å²) in [7, 11) is 0. The normalized spacial score (nSPS) is 12.0. The highest BCUT2D eigenvalue weighted by Gasteiger charge is 2.09. The fourth-order valence-corrected chi connectivity index (χ4v) is 2.55. The van der Waals surface area contributed by atoms with Gasteiger partial charge in [0.05, 0.1) is 18.9 Å². The first kappa shape index (κ1) is 18.7. The Balaban J connectivity index is 2.54. The number of hydrogen-bond acceptors (Lipinski definition) is 3. The zero-order valence-electron chi connectivity index (χ0n) is 14.8. The Morgan fingerprint density at radius 2 is 1.68 bits per heavy atom. The van der Waals surface area contributed by atoms with Crippen molar-refractivity contribution in [1.29, 1.82) is 0 Å². The Labute approximate surface area is 136 Å². The molecule has 0 amide bonds. The summed E-state index contributed by atoms with van der Waals surface area (Å²) < 4.78 is 11.3. The molecule has 0 spiro atoms. The Morgan fingerprint density at radius 1 is 0.955 bits per heavy atom. The number of hydrogen-bond donors (Lipinski definition) is 1. The SMILES string of the molecule is CCCCCCCC(C)Nc1cc(OCC)ccc1OCC. The average Bonchev–Trinajstić information content (AvgIpc) is 2.50. The van der Waals surface area contributed by atoms with E-state index in [2.05, 4.69) is 19.2 Å². The van der Waals surface area contributed by atoms with E-state index in [1.54, 1.807) is 0 Å². The van der Waals surface area contributed by atoms with Gasteiger partial charge in [0.2, 0.25) is 0 Å². The van der Waals surface area contributed by atoms with Gasteiger partial charge in [-0.05, 0) is 39.3 Å². The zero-order chi connectivity index (χ0) is 16.2. The van der Waals surface area contributed by atoms with E-state index in [1.807, 2.05) is 32.0 Å². The minimum atomic E-state index is 0.442. The molecule has 3 nitrogen and oxygen atoms in total. The molecule has 3 heteroatoms. The second kappa shape index (κ2) is 11.2. The first-order chi connectivity index (χ1) is 10.7. The van der Waals surface area contributed by atoms with Crippen molar-refractivity contribution < 1.29 is 9.47 Å². The zero-order valence-corrected chi connectivity index (χ0v) is 14.8. The van der Waals surface area contributed by atoms with Gasteiger partial charge in [0.25, 0.3) is 0 Å². The van der Waals surface area contributed by atoms with Crippen molar-refractivity contribution >= 4 is 5.69 Å². The fraction of sp³-hybridized carbons (Fsp3) is 0.684. The molecule has 0 aromatic heterocycles.